The number of rotatable bonds is 7. The molecule has 10 nitrogen and oxygen atoms in total. The number of halogens is 3. The molecular formula is C40H29Cl2FN4O6S2. The molecule has 0 fully saturated rings. The minimum absolute atomic E-state index is 0.178. The second-order valence-electron chi connectivity index (χ2n) is 12.2. The van der Waals surface area contributed by atoms with Crippen molar-refractivity contribution in [2.75, 3.05) is 12.5 Å². The van der Waals surface area contributed by atoms with Gasteiger partial charge in [0.15, 0.2) is 19.7 Å². The van der Waals surface area contributed by atoms with Crippen molar-refractivity contribution in [1.82, 2.24) is 20.0 Å². The molecule has 0 aliphatic heterocycles. The summed E-state index contributed by atoms with van der Waals surface area (Å²) in [4.78, 5) is 26.1. The molecule has 0 radical (unpaired) electrons. The maximum absolute atomic E-state index is 13.4. The maximum atomic E-state index is 13.4. The first-order valence-electron chi connectivity index (χ1n) is 16.2. The maximum Gasteiger partial charge on any atom is 0.279 e. The van der Waals surface area contributed by atoms with Gasteiger partial charge in [0.25, 0.3) is 11.1 Å². The lowest BCUT2D eigenvalue weighted by Crippen LogP contribution is -2.23. The molecule has 15 heteroatoms. The van der Waals surface area contributed by atoms with E-state index in [0.29, 0.717) is 60.2 Å². The van der Waals surface area contributed by atoms with E-state index in [2.05, 4.69) is 15.3 Å². The summed E-state index contributed by atoms with van der Waals surface area (Å²) in [5.74, 6) is -0.419. The van der Waals surface area contributed by atoms with Gasteiger partial charge in [0, 0.05) is 33.7 Å². The summed E-state index contributed by atoms with van der Waals surface area (Å²) >= 11 is 11.9. The summed E-state index contributed by atoms with van der Waals surface area (Å²) < 4.78 is 61.2. The van der Waals surface area contributed by atoms with Gasteiger partial charge in [0.05, 0.1) is 39.0 Å². The zero-order valence-corrected chi connectivity index (χ0v) is 32.1. The Balaban J connectivity index is 0.000000193. The molecule has 0 bridgehead atoms. The topological polar surface area (TPSA) is 149 Å². The number of nitrogens with zero attached hydrogens (tertiary/aromatic N) is 3. The van der Waals surface area contributed by atoms with Gasteiger partial charge in [-0.3, -0.25) is 9.59 Å². The van der Waals surface area contributed by atoms with Crippen LogP contribution in [0.2, 0.25) is 10.0 Å². The number of H-pyrrole nitrogens is 1. The second kappa shape index (κ2) is 15.9. The van der Waals surface area contributed by atoms with Crippen LogP contribution in [-0.4, -0.2) is 49.3 Å². The highest BCUT2D eigenvalue weighted by Crippen LogP contribution is 2.32. The Bertz CT molecular complexity index is 2850. The number of hydrogen-bond donors (Lipinski definition) is 1. The molecule has 7 aromatic rings. The minimum Gasteiger partial charge on any atom is -0.267 e. The lowest BCUT2D eigenvalue weighted by Gasteiger charge is -2.13. The Morgan fingerprint density at radius 2 is 0.982 bits per heavy atom. The molecular weight excluding hydrogens is 786 g/mol. The van der Waals surface area contributed by atoms with E-state index in [4.69, 9.17) is 23.2 Å². The molecule has 0 spiro atoms. The molecule has 5 aromatic carbocycles. The summed E-state index contributed by atoms with van der Waals surface area (Å²) in [6.45, 7) is 0. The normalized spacial score (nSPS) is 11.4. The molecule has 278 valence electrons. The van der Waals surface area contributed by atoms with Gasteiger partial charge in [0.2, 0.25) is 0 Å². The highest BCUT2D eigenvalue weighted by Gasteiger charge is 2.18. The third-order valence-corrected chi connectivity index (χ3v) is 11.1. The van der Waals surface area contributed by atoms with Crippen molar-refractivity contribution < 1.29 is 21.2 Å². The number of aromatic nitrogens is 4. The predicted molar refractivity (Wildman–Crippen MR) is 213 cm³/mol. The lowest BCUT2D eigenvalue weighted by atomic mass is 9.97. The van der Waals surface area contributed by atoms with E-state index in [1.807, 2.05) is 0 Å². The van der Waals surface area contributed by atoms with E-state index in [1.54, 1.807) is 79.0 Å². The summed E-state index contributed by atoms with van der Waals surface area (Å²) in [5, 5.41) is 11.6. The number of nitrogens with one attached hydrogen (secondary N) is 1. The monoisotopic (exact) mass is 814 g/mol. The lowest BCUT2D eigenvalue weighted by molar-refractivity contribution is 0.600. The van der Waals surface area contributed by atoms with Gasteiger partial charge in [-0.1, -0.05) is 71.7 Å². The highest BCUT2D eigenvalue weighted by atomic mass is 35.5. The third kappa shape index (κ3) is 8.98. The fourth-order valence-corrected chi connectivity index (χ4v) is 7.13. The van der Waals surface area contributed by atoms with Gasteiger partial charge in [-0.2, -0.15) is 14.9 Å². The van der Waals surface area contributed by atoms with E-state index < -0.39 is 31.1 Å². The van der Waals surface area contributed by atoms with Crippen LogP contribution in [0.1, 0.15) is 0 Å². The Morgan fingerprint density at radius 3 is 1.44 bits per heavy atom. The molecule has 0 unspecified atom stereocenters. The van der Waals surface area contributed by atoms with Crippen LogP contribution in [0.15, 0.2) is 153 Å². The Hall–Kier alpha value is -5.73. The molecule has 0 aliphatic carbocycles. The Kier molecular flexibility index (Phi) is 11.3. The predicted octanol–water partition coefficient (Wildman–Crippen LogP) is 7.92. The Morgan fingerprint density at radius 1 is 0.564 bits per heavy atom. The minimum atomic E-state index is -3.35. The molecule has 0 amide bonds. The number of sulfone groups is 2. The van der Waals surface area contributed by atoms with Crippen LogP contribution < -0.4 is 11.1 Å². The standard InChI is InChI=1S/C23H16ClFN2O3S.C17H13ClN2O3S/c1-31(29,30)20-12-4-15(5-13-20)21-14-26-27(19-10-8-18(25)9-11-19)23(28)22(21)16-2-6-17(24)7-3-16;1-24(22,23)14-8-4-11(5-9-14)15-10-19-20-17(21)16(15)12-2-6-13(18)7-3-12/h2-14H,1H3;2-10H,1H3,(H,20,21). The molecule has 0 saturated carbocycles. The fraction of sp³-hybridized carbons (Fsp3) is 0.0500. The quantitative estimate of drug-likeness (QED) is 0.171. The van der Waals surface area contributed by atoms with Gasteiger partial charge >= 0.3 is 0 Å². The SMILES string of the molecule is CS(=O)(=O)c1ccc(-c2cn[nH]c(=O)c2-c2ccc(Cl)cc2)cc1.CS(=O)(=O)c1ccc(-c2cnn(-c3ccc(F)cc3)c(=O)c2-c2ccc(Cl)cc2)cc1. The van der Waals surface area contributed by atoms with Gasteiger partial charge < -0.3 is 0 Å². The smallest absolute Gasteiger partial charge is 0.267 e. The summed E-state index contributed by atoms with van der Waals surface area (Å²) in [7, 11) is -6.63. The van der Waals surface area contributed by atoms with E-state index in [9.17, 15) is 30.8 Å². The van der Waals surface area contributed by atoms with Gasteiger partial charge in [-0.05, 0) is 95.1 Å². The average Bonchev–Trinajstić information content (AvgIpc) is 3.16. The molecule has 1 N–H and O–H groups in total. The first kappa shape index (κ1) is 39.0. The molecule has 2 aromatic heterocycles. The molecule has 0 aliphatic rings. The van der Waals surface area contributed by atoms with Crippen molar-refractivity contribution in [2.24, 2.45) is 0 Å². The zero-order valence-electron chi connectivity index (χ0n) is 28.9. The first-order chi connectivity index (χ1) is 26.1. The van der Waals surface area contributed by atoms with Crippen LogP contribution in [0.25, 0.3) is 50.2 Å². The number of benzene rings is 5. The van der Waals surface area contributed by atoms with E-state index >= 15 is 0 Å². The number of hydrogen-bond acceptors (Lipinski definition) is 8. The first-order valence-corrected chi connectivity index (χ1v) is 20.7. The van der Waals surface area contributed by atoms with Crippen molar-refractivity contribution in [3.8, 4) is 50.2 Å². The third-order valence-electron chi connectivity index (χ3n) is 8.36. The molecule has 7 rings (SSSR count). The van der Waals surface area contributed by atoms with Crippen molar-refractivity contribution in [1.29, 1.82) is 0 Å². The van der Waals surface area contributed by atoms with Crippen molar-refractivity contribution in [3.05, 3.63) is 170 Å². The average molecular weight is 816 g/mol. The van der Waals surface area contributed by atoms with Crippen LogP contribution in [0.3, 0.4) is 0 Å². The molecule has 55 heavy (non-hydrogen) atoms. The van der Waals surface area contributed by atoms with Gasteiger partial charge in [-0.15, -0.1) is 0 Å². The van der Waals surface area contributed by atoms with Crippen LogP contribution in [0.5, 0.6) is 0 Å². The van der Waals surface area contributed by atoms with Gasteiger partial charge in [0.1, 0.15) is 5.82 Å². The Labute approximate surface area is 325 Å². The molecule has 2 heterocycles. The zero-order chi connectivity index (χ0) is 39.5. The molecule has 0 atom stereocenters. The van der Waals surface area contributed by atoms with E-state index in [0.717, 1.165) is 12.5 Å². The number of aromatic amines is 1. The highest BCUT2D eigenvalue weighted by molar-refractivity contribution is 7.91. The second-order valence-corrected chi connectivity index (χ2v) is 17.1. The van der Waals surface area contributed by atoms with E-state index in [1.165, 1.54) is 59.4 Å². The summed E-state index contributed by atoms with van der Waals surface area (Å²) in [5.41, 5.74) is 4.30. The van der Waals surface area contributed by atoms with Crippen LogP contribution >= 0.6 is 23.2 Å². The van der Waals surface area contributed by atoms with Crippen LogP contribution in [0, 0.1) is 5.82 Å². The summed E-state index contributed by atoms with van der Waals surface area (Å²) in [6, 6.07) is 31.7. The van der Waals surface area contributed by atoms with Crippen LogP contribution in [0.4, 0.5) is 4.39 Å². The van der Waals surface area contributed by atoms with Crippen LogP contribution in [-0.2, 0) is 19.7 Å². The summed E-state index contributed by atoms with van der Waals surface area (Å²) in [6.07, 6.45) is 5.35. The van der Waals surface area contributed by atoms with Crippen molar-refractivity contribution in [2.45, 2.75) is 9.79 Å². The largest absolute Gasteiger partial charge is 0.279 e. The van der Waals surface area contributed by atoms with Crippen molar-refractivity contribution >= 4 is 42.9 Å². The molecule has 0 saturated heterocycles. The van der Waals surface area contributed by atoms with Crippen molar-refractivity contribution in [3.63, 3.8) is 0 Å². The van der Waals surface area contributed by atoms with E-state index in [-0.39, 0.29) is 15.4 Å². The fourth-order valence-electron chi connectivity index (χ4n) is 5.62. The van der Waals surface area contributed by atoms with Gasteiger partial charge in [-0.25, -0.2) is 26.3 Å².